The van der Waals surface area contributed by atoms with Gasteiger partial charge >= 0.3 is 0 Å². The van der Waals surface area contributed by atoms with Crippen molar-refractivity contribution in [2.24, 2.45) is 0 Å². The Kier molecular flexibility index (Phi) is 4.44. The van der Waals surface area contributed by atoms with Crippen molar-refractivity contribution < 1.29 is 0 Å². The molecule has 0 atom stereocenters. The number of hydrogen-bond donors (Lipinski definition) is 1. The summed E-state index contributed by atoms with van der Waals surface area (Å²) in [6, 6.07) is 0. The lowest BCUT2D eigenvalue weighted by Gasteiger charge is -1.94. The Morgan fingerprint density at radius 2 is 1.91 bits per heavy atom. The van der Waals surface area contributed by atoms with Crippen molar-refractivity contribution in [3.8, 4) is 0 Å². The minimum atomic E-state index is 0.711. The predicted octanol–water partition coefficient (Wildman–Crippen LogP) is 3.27. The van der Waals surface area contributed by atoms with Gasteiger partial charge in [-0.3, -0.25) is 0 Å². The van der Waals surface area contributed by atoms with Crippen LogP contribution in [-0.2, 0) is 0 Å². The highest BCUT2D eigenvalue weighted by Gasteiger charge is 1.88. The molecule has 0 aromatic rings. The average molecular weight is 164 g/mol. The molecule has 0 aliphatic heterocycles. The second kappa shape index (κ2) is 4.84. The maximum atomic E-state index is 4.00. The molecule has 58 valence electrons. The maximum absolute atomic E-state index is 4.00. The van der Waals surface area contributed by atoms with E-state index in [0.717, 1.165) is 11.1 Å². The van der Waals surface area contributed by atoms with Gasteiger partial charge < -0.3 is 0 Å². The van der Waals surface area contributed by atoms with Crippen molar-refractivity contribution in [2.75, 3.05) is 0 Å². The van der Waals surface area contributed by atoms with E-state index in [2.05, 4.69) is 38.1 Å². The number of hydrogen-bond acceptors (Lipinski definition) is 1. The molecule has 0 rings (SSSR count). The third kappa shape index (κ3) is 4.49. The fourth-order valence-electron chi connectivity index (χ4n) is 0.435. The SMILES string of the molecule is C=C=C(C)C(=C)/C=C\C(=C)S. The largest absolute Gasteiger partial charge is 0.144 e. The van der Waals surface area contributed by atoms with Gasteiger partial charge in [0.25, 0.3) is 0 Å². The van der Waals surface area contributed by atoms with Crippen molar-refractivity contribution in [1.82, 2.24) is 0 Å². The van der Waals surface area contributed by atoms with E-state index in [-0.39, 0.29) is 0 Å². The first-order valence-electron chi connectivity index (χ1n) is 3.19. The lowest BCUT2D eigenvalue weighted by atomic mass is 10.1. The highest BCUT2D eigenvalue weighted by atomic mass is 32.1. The molecule has 1 heteroatoms. The zero-order valence-electron chi connectivity index (χ0n) is 6.72. The van der Waals surface area contributed by atoms with Crippen LogP contribution in [0.15, 0.2) is 53.7 Å². The van der Waals surface area contributed by atoms with Gasteiger partial charge in [0.1, 0.15) is 0 Å². The van der Waals surface area contributed by atoms with Crippen LogP contribution in [0.3, 0.4) is 0 Å². The summed E-state index contributed by atoms with van der Waals surface area (Å²) >= 11 is 4.00. The molecule has 0 aliphatic rings. The predicted molar refractivity (Wildman–Crippen MR) is 54.7 cm³/mol. The molecule has 0 amide bonds. The molecule has 0 saturated carbocycles. The fourth-order valence-corrected chi connectivity index (χ4v) is 0.510. The first-order chi connectivity index (χ1) is 5.07. The summed E-state index contributed by atoms with van der Waals surface area (Å²) in [4.78, 5) is 0.711. The Morgan fingerprint density at radius 3 is 2.27 bits per heavy atom. The monoisotopic (exact) mass is 164 g/mol. The van der Waals surface area contributed by atoms with Gasteiger partial charge in [-0.2, -0.15) is 0 Å². The third-order valence-electron chi connectivity index (χ3n) is 1.22. The molecule has 0 saturated heterocycles. The van der Waals surface area contributed by atoms with E-state index >= 15 is 0 Å². The van der Waals surface area contributed by atoms with E-state index < -0.39 is 0 Å². The van der Waals surface area contributed by atoms with Crippen LogP contribution in [0.5, 0.6) is 0 Å². The molecule has 0 aromatic carbocycles. The number of thiol groups is 1. The zero-order valence-corrected chi connectivity index (χ0v) is 7.62. The molecular formula is C10H12S. The van der Waals surface area contributed by atoms with E-state index in [0.29, 0.717) is 4.91 Å². The van der Waals surface area contributed by atoms with Crippen molar-refractivity contribution in [1.29, 1.82) is 0 Å². The Bertz CT molecular complexity index is 250. The van der Waals surface area contributed by atoms with Crippen LogP contribution >= 0.6 is 12.6 Å². The maximum Gasteiger partial charge on any atom is -0.00312 e. The van der Waals surface area contributed by atoms with Gasteiger partial charge in [0.05, 0.1) is 0 Å². The third-order valence-corrected chi connectivity index (χ3v) is 1.37. The molecule has 0 bridgehead atoms. The summed E-state index contributed by atoms with van der Waals surface area (Å²) in [5, 5.41) is 0. The van der Waals surface area contributed by atoms with E-state index in [4.69, 9.17) is 0 Å². The smallest absolute Gasteiger partial charge is 0.00312 e. The Labute approximate surface area is 73.7 Å². The van der Waals surface area contributed by atoms with Crippen LogP contribution in [-0.4, -0.2) is 0 Å². The van der Waals surface area contributed by atoms with Crippen molar-refractivity contribution in [2.45, 2.75) is 6.92 Å². The molecule has 0 heterocycles. The molecule has 0 unspecified atom stereocenters. The molecule has 0 aliphatic carbocycles. The number of rotatable bonds is 3. The van der Waals surface area contributed by atoms with E-state index in [1.165, 1.54) is 0 Å². The van der Waals surface area contributed by atoms with E-state index in [1.807, 2.05) is 13.0 Å². The minimum absolute atomic E-state index is 0.711. The van der Waals surface area contributed by atoms with Gasteiger partial charge in [-0.25, -0.2) is 0 Å². The summed E-state index contributed by atoms with van der Waals surface area (Å²) in [6.45, 7) is 12.8. The zero-order chi connectivity index (χ0) is 8.85. The first-order valence-corrected chi connectivity index (χ1v) is 3.64. The van der Waals surface area contributed by atoms with Gasteiger partial charge in [0.2, 0.25) is 0 Å². The van der Waals surface area contributed by atoms with Crippen LogP contribution in [0.1, 0.15) is 6.92 Å². The van der Waals surface area contributed by atoms with Gasteiger partial charge in [-0.1, -0.05) is 25.8 Å². The second-order valence-electron chi connectivity index (χ2n) is 2.15. The first kappa shape index (κ1) is 10.1. The van der Waals surface area contributed by atoms with Crippen LogP contribution in [0.4, 0.5) is 0 Å². The summed E-state index contributed by atoms with van der Waals surface area (Å²) in [5.74, 6) is 0. The lowest BCUT2D eigenvalue weighted by molar-refractivity contribution is 1.46. The van der Waals surface area contributed by atoms with E-state index in [9.17, 15) is 0 Å². The van der Waals surface area contributed by atoms with Gasteiger partial charge in [-0.15, -0.1) is 18.4 Å². The quantitative estimate of drug-likeness (QED) is 0.369. The van der Waals surface area contributed by atoms with Gasteiger partial charge in [0.15, 0.2) is 0 Å². The standard InChI is InChI=1S/C10H12S/c1-5-8(2)9(3)6-7-10(4)11/h6-7,11H,1,3-4H2,2H3/b7-6-. The molecule has 0 radical (unpaired) electrons. The molecule has 0 spiro atoms. The average Bonchev–Trinajstić information content (AvgIpc) is 1.98. The lowest BCUT2D eigenvalue weighted by Crippen LogP contribution is -1.74. The van der Waals surface area contributed by atoms with Crippen molar-refractivity contribution in [3.63, 3.8) is 0 Å². The molecule has 0 aromatic heterocycles. The summed E-state index contributed by atoms with van der Waals surface area (Å²) in [7, 11) is 0. The Morgan fingerprint density at radius 1 is 1.36 bits per heavy atom. The van der Waals surface area contributed by atoms with Crippen molar-refractivity contribution >= 4 is 12.6 Å². The topological polar surface area (TPSA) is 0 Å². The van der Waals surface area contributed by atoms with E-state index in [1.54, 1.807) is 6.08 Å². The van der Waals surface area contributed by atoms with Gasteiger partial charge in [0, 0.05) is 0 Å². The summed E-state index contributed by atoms with van der Waals surface area (Å²) < 4.78 is 0. The molecule has 0 nitrogen and oxygen atoms in total. The normalized spacial score (nSPS) is 9.27. The van der Waals surface area contributed by atoms with Crippen LogP contribution in [0.2, 0.25) is 0 Å². The summed E-state index contributed by atoms with van der Waals surface area (Å²) in [6.07, 6.45) is 3.62. The molecule has 0 fully saturated rings. The molecule has 11 heavy (non-hydrogen) atoms. The highest BCUT2D eigenvalue weighted by molar-refractivity contribution is 7.84. The Balaban J connectivity index is 4.31. The van der Waals surface area contributed by atoms with Crippen LogP contribution in [0, 0.1) is 0 Å². The summed E-state index contributed by atoms with van der Waals surface area (Å²) in [5.41, 5.74) is 4.57. The Hall–Kier alpha value is -0.910. The van der Waals surface area contributed by atoms with Crippen molar-refractivity contribution in [3.05, 3.63) is 53.7 Å². The molecule has 0 N–H and O–H groups in total. The van der Waals surface area contributed by atoms with Crippen LogP contribution in [0.25, 0.3) is 0 Å². The second-order valence-corrected chi connectivity index (χ2v) is 2.73. The fraction of sp³-hybridized carbons (Fsp3) is 0.100. The minimum Gasteiger partial charge on any atom is -0.144 e. The highest BCUT2D eigenvalue weighted by Crippen LogP contribution is 2.08. The number of allylic oxidation sites excluding steroid dienone is 4. The van der Waals surface area contributed by atoms with Crippen LogP contribution < -0.4 is 0 Å². The molecular weight excluding hydrogens is 152 g/mol. The van der Waals surface area contributed by atoms with Gasteiger partial charge in [-0.05, 0) is 29.1 Å².